The van der Waals surface area contributed by atoms with Crippen LogP contribution in [0.1, 0.15) is 17.2 Å². The van der Waals surface area contributed by atoms with E-state index >= 15 is 0 Å². The molecule has 1 saturated heterocycles. The molecule has 3 atom stereocenters. The molecule has 0 N–H and O–H groups in total. The van der Waals surface area contributed by atoms with Gasteiger partial charge in [0.1, 0.15) is 11.6 Å². The van der Waals surface area contributed by atoms with Crippen molar-refractivity contribution in [3.05, 3.63) is 47.5 Å². The summed E-state index contributed by atoms with van der Waals surface area (Å²) in [5.41, 5.74) is 2.12. The third-order valence-corrected chi connectivity index (χ3v) is 5.12. The minimum absolute atomic E-state index is 0.157. The number of benzene rings is 1. The van der Waals surface area contributed by atoms with E-state index in [2.05, 4.69) is 10.00 Å². The van der Waals surface area contributed by atoms with Gasteiger partial charge in [-0.3, -0.25) is 9.58 Å². The van der Waals surface area contributed by atoms with Crippen molar-refractivity contribution in [2.45, 2.75) is 12.6 Å². The SMILES string of the molecule is COC[C@@H]1CN(Cc2cnn(C)c2)[C@H]2c3cc(F)ccc3OC[C@@H]12. The van der Waals surface area contributed by atoms with Crippen LogP contribution < -0.4 is 4.74 Å². The Labute approximate surface area is 141 Å². The lowest BCUT2D eigenvalue weighted by Crippen LogP contribution is -2.32. The smallest absolute Gasteiger partial charge is 0.124 e. The normalized spacial score (nSPS) is 26.0. The van der Waals surface area contributed by atoms with Crippen LogP contribution in [0.4, 0.5) is 4.39 Å². The fourth-order valence-corrected chi connectivity index (χ4v) is 4.14. The van der Waals surface area contributed by atoms with Crippen molar-refractivity contribution >= 4 is 0 Å². The molecule has 0 radical (unpaired) electrons. The Balaban J connectivity index is 1.68. The van der Waals surface area contributed by atoms with Gasteiger partial charge in [0.2, 0.25) is 0 Å². The van der Waals surface area contributed by atoms with E-state index < -0.39 is 0 Å². The van der Waals surface area contributed by atoms with E-state index in [1.807, 2.05) is 24.1 Å². The van der Waals surface area contributed by atoms with Gasteiger partial charge in [-0.25, -0.2) is 4.39 Å². The lowest BCUT2D eigenvalue weighted by atomic mass is 9.85. The maximum atomic E-state index is 13.8. The fourth-order valence-electron chi connectivity index (χ4n) is 4.14. The van der Waals surface area contributed by atoms with E-state index in [4.69, 9.17) is 9.47 Å². The van der Waals surface area contributed by atoms with Crippen LogP contribution in [0.2, 0.25) is 0 Å². The Morgan fingerprint density at radius 1 is 1.42 bits per heavy atom. The molecule has 1 aromatic heterocycles. The van der Waals surface area contributed by atoms with Crippen LogP contribution in [0.15, 0.2) is 30.6 Å². The predicted octanol–water partition coefficient (Wildman–Crippen LogP) is 2.39. The summed E-state index contributed by atoms with van der Waals surface area (Å²) in [6.07, 6.45) is 3.93. The minimum Gasteiger partial charge on any atom is -0.493 e. The van der Waals surface area contributed by atoms with Gasteiger partial charge in [0.05, 0.1) is 19.4 Å². The minimum atomic E-state index is -0.213. The molecule has 1 aromatic carbocycles. The second-order valence-corrected chi connectivity index (χ2v) is 6.77. The molecular weight excluding hydrogens is 309 g/mol. The van der Waals surface area contributed by atoms with Crippen LogP contribution in [0.25, 0.3) is 0 Å². The molecule has 0 spiro atoms. The summed E-state index contributed by atoms with van der Waals surface area (Å²) in [5.74, 6) is 1.28. The van der Waals surface area contributed by atoms with Crippen molar-refractivity contribution in [1.82, 2.24) is 14.7 Å². The second-order valence-electron chi connectivity index (χ2n) is 6.77. The number of nitrogens with zero attached hydrogens (tertiary/aromatic N) is 3. The highest BCUT2D eigenvalue weighted by atomic mass is 19.1. The van der Waals surface area contributed by atoms with Crippen molar-refractivity contribution in [2.24, 2.45) is 18.9 Å². The molecule has 6 heteroatoms. The molecule has 0 saturated carbocycles. The van der Waals surface area contributed by atoms with Crippen LogP contribution in [-0.2, 0) is 18.3 Å². The van der Waals surface area contributed by atoms with Crippen LogP contribution in [0.3, 0.4) is 0 Å². The van der Waals surface area contributed by atoms with Crippen LogP contribution >= 0.6 is 0 Å². The Morgan fingerprint density at radius 3 is 3.04 bits per heavy atom. The highest BCUT2D eigenvalue weighted by Crippen LogP contribution is 2.48. The molecular formula is C18H22FN3O2. The largest absolute Gasteiger partial charge is 0.493 e. The first kappa shape index (κ1) is 15.6. The van der Waals surface area contributed by atoms with Crippen molar-refractivity contribution in [2.75, 3.05) is 26.9 Å². The molecule has 0 unspecified atom stereocenters. The van der Waals surface area contributed by atoms with Crippen molar-refractivity contribution in [3.63, 3.8) is 0 Å². The van der Waals surface area contributed by atoms with Gasteiger partial charge in [0, 0.05) is 62.4 Å². The van der Waals surface area contributed by atoms with Gasteiger partial charge in [-0.05, 0) is 18.2 Å². The summed E-state index contributed by atoms with van der Waals surface area (Å²) in [4.78, 5) is 2.41. The molecule has 2 aromatic rings. The molecule has 2 aliphatic heterocycles. The zero-order valence-corrected chi connectivity index (χ0v) is 14.0. The highest BCUT2D eigenvalue weighted by molar-refractivity contribution is 5.39. The summed E-state index contributed by atoms with van der Waals surface area (Å²) in [6, 6.07) is 4.99. The standard InChI is InChI=1S/C18H22FN3O2/c1-21-7-12(6-20-21)8-22-9-13(10-23-2)16-11-24-17-4-3-14(19)5-15(17)18(16)22/h3-7,13,16,18H,8-11H2,1-2H3/t13-,16-,18-/m0/s1. The zero-order valence-electron chi connectivity index (χ0n) is 14.0. The summed E-state index contributed by atoms with van der Waals surface area (Å²) < 4.78 is 27.0. The monoisotopic (exact) mass is 331 g/mol. The molecule has 0 amide bonds. The number of ether oxygens (including phenoxy) is 2. The van der Waals surface area contributed by atoms with E-state index in [-0.39, 0.29) is 11.9 Å². The Kier molecular flexibility index (Phi) is 4.02. The zero-order chi connectivity index (χ0) is 16.7. The first-order valence-electron chi connectivity index (χ1n) is 8.28. The maximum absolute atomic E-state index is 13.8. The lowest BCUT2D eigenvalue weighted by Gasteiger charge is -2.34. The number of aromatic nitrogens is 2. The Bertz CT molecular complexity index is 733. The van der Waals surface area contributed by atoms with Crippen molar-refractivity contribution in [3.8, 4) is 5.75 Å². The summed E-state index contributed by atoms with van der Waals surface area (Å²) in [5, 5.41) is 4.26. The number of likely N-dealkylation sites (tertiary alicyclic amines) is 1. The molecule has 3 heterocycles. The van der Waals surface area contributed by atoms with Gasteiger partial charge in [-0.1, -0.05) is 0 Å². The number of halogens is 1. The van der Waals surface area contributed by atoms with E-state index in [1.165, 1.54) is 11.6 Å². The molecule has 4 rings (SSSR count). The van der Waals surface area contributed by atoms with Gasteiger partial charge >= 0.3 is 0 Å². The molecule has 1 fully saturated rings. The van der Waals surface area contributed by atoms with Crippen LogP contribution in [0, 0.1) is 17.7 Å². The van der Waals surface area contributed by atoms with Gasteiger partial charge in [-0.15, -0.1) is 0 Å². The van der Waals surface area contributed by atoms with Crippen molar-refractivity contribution in [1.29, 1.82) is 0 Å². The number of hydrogen-bond donors (Lipinski definition) is 0. The third kappa shape index (κ3) is 2.70. The Hall–Kier alpha value is -1.92. The molecule has 2 aliphatic rings. The quantitative estimate of drug-likeness (QED) is 0.862. The number of aryl methyl sites for hydroxylation is 1. The number of hydrogen-bond acceptors (Lipinski definition) is 4. The number of methoxy groups -OCH3 is 1. The molecule has 24 heavy (non-hydrogen) atoms. The summed E-state index contributed by atoms with van der Waals surface area (Å²) >= 11 is 0. The average molecular weight is 331 g/mol. The van der Waals surface area contributed by atoms with Crippen LogP contribution in [0.5, 0.6) is 5.75 Å². The van der Waals surface area contributed by atoms with E-state index in [1.54, 1.807) is 19.2 Å². The first-order valence-corrected chi connectivity index (χ1v) is 8.28. The maximum Gasteiger partial charge on any atom is 0.124 e. The van der Waals surface area contributed by atoms with Crippen LogP contribution in [-0.4, -0.2) is 41.5 Å². The topological polar surface area (TPSA) is 39.5 Å². The lowest BCUT2D eigenvalue weighted by molar-refractivity contribution is 0.0981. The molecule has 5 nitrogen and oxygen atoms in total. The van der Waals surface area contributed by atoms with Crippen molar-refractivity contribution < 1.29 is 13.9 Å². The average Bonchev–Trinajstić information content (AvgIpc) is 3.12. The summed E-state index contributed by atoms with van der Waals surface area (Å²) in [6.45, 7) is 3.06. The Morgan fingerprint density at radius 2 is 2.29 bits per heavy atom. The molecule has 0 bridgehead atoms. The number of rotatable bonds is 4. The number of fused-ring (bicyclic) bond motifs is 3. The fraction of sp³-hybridized carbons (Fsp3) is 0.500. The van der Waals surface area contributed by atoms with Gasteiger partial charge in [0.25, 0.3) is 0 Å². The highest BCUT2D eigenvalue weighted by Gasteiger charge is 2.46. The molecule has 128 valence electrons. The second kappa shape index (κ2) is 6.18. The predicted molar refractivity (Wildman–Crippen MR) is 87.1 cm³/mol. The third-order valence-electron chi connectivity index (χ3n) is 5.12. The van der Waals surface area contributed by atoms with Gasteiger partial charge in [-0.2, -0.15) is 5.10 Å². The molecule has 0 aliphatic carbocycles. The van der Waals surface area contributed by atoms with Gasteiger partial charge in [0.15, 0.2) is 0 Å². The van der Waals surface area contributed by atoms with Gasteiger partial charge < -0.3 is 9.47 Å². The van der Waals surface area contributed by atoms with E-state index in [9.17, 15) is 4.39 Å². The van der Waals surface area contributed by atoms with E-state index in [0.29, 0.717) is 25.0 Å². The van der Waals surface area contributed by atoms with E-state index in [0.717, 1.165) is 24.4 Å². The summed E-state index contributed by atoms with van der Waals surface area (Å²) in [7, 11) is 3.65. The first-order chi connectivity index (χ1) is 11.7.